The lowest BCUT2D eigenvalue weighted by molar-refractivity contribution is 0.0498. The highest BCUT2D eigenvalue weighted by Crippen LogP contribution is 2.32. The van der Waals surface area contributed by atoms with Gasteiger partial charge in [-0.15, -0.1) is 0 Å². The summed E-state index contributed by atoms with van der Waals surface area (Å²) in [5.74, 6) is 1.59. The highest BCUT2D eigenvalue weighted by atomic mass is 79.9. The Kier molecular flexibility index (Phi) is 5.87. The molecule has 3 aromatic rings. The molecule has 1 N–H and O–H groups in total. The van der Waals surface area contributed by atoms with Crippen LogP contribution in [0.5, 0.6) is 11.6 Å². The lowest BCUT2D eigenvalue weighted by Gasteiger charge is -2.27. The van der Waals surface area contributed by atoms with Gasteiger partial charge in [0.1, 0.15) is 11.3 Å². The number of fused-ring (bicyclic) bond motifs is 1. The lowest BCUT2D eigenvalue weighted by Crippen LogP contribution is -2.34. The molecule has 0 atom stereocenters. The summed E-state index contributed by atoms with van der Waals surface area (Å²) in [6, 6.07) is 7.59. The van der Waals surface area contributed by atoms with E-state index in [2.05, 4.69) is 25.9 Å². The Labute approximate surface area is 178 Å². The zero-order chi connectivity index (χ0) is 20.4. The van der Waals surface area contributed by atoms with Crippen molar-refractivity contribution in [2.45, 2.75) is 19.8 Å². The second-order valence-corrected chi connectivity index (χ2v) is 8.42. The molecule has 1 aliphatic heterocycles. The zero-order valence-corrected chi connectivity index (χ0v) is 18.2. The maximum atomic E-state index is 13.2. The number of ether oxygens (including phenoxy) is 2. The molecule has 3 heterocycles. The molecule has 7 heteroatoms. The largest absolute Gasteiger partial charge is 0.437 e. The molecule has 4 rings (SSSR count). The number of hydrogen-bond donors (Lipinski definition) is 1. The lowest BCUT2D eigenvalue weighted by atomic mass is 9.99. The van der Waals surface area contributed by atoms with Crippen molar-refractivity contribution in [1.82, 2.24) is 14.9 Å². The van der Waals surface area contributed by atoms with E-state index in [9.17, 15) is 4.79 Å². The second kappa shape index (κ2) is 8.55. The SMILES string of the molecule is Cc1c[nH]c2c(Oc3cccc(Br)c3)ncc(C(=O)N(C)CC3CCOCC3)c12. The van der Waals surface area contributed by atoms with E-state index in [1.165, 1.54) is 0 Å². The predicted octanol–water partition coefficient (Wildman–Crippen LogP) is 4.92. The molecule has 1 amide bonds. The number of nitrogens with zero attached hydrogens (tertiary/aromatic N) is 2. The molecule has 1 fully saturated rings. The Hall–Kier alpha value is -2.38. The van der Waals surface area contributed by atoms with Gasteiger partial charge in [-0.3, -0.25) is 4.79 Å². The fraction of sp³-hybridized carbons (Fsp3) is 0.364. The summed E-state index contributed by atoms with van der Waals surface area (Å²) >= 11 is 3.45. The average Bonchev–Trinajstić information content (AvgIpc) is 3.11. The van der Waals surface area contributed by atoms with Crippen LogP contribution < -0.4 is 4.74 Å². The first-order valence-corrected chi connectivity index (χ1v) is 10.6. The summed E-state index contributed by atoms with van der Waals surface area (Å²) in [6.45, 7) is 4.26. The van der Waals surface area contributed by atoms with Crippen molar-refractivity contribution in [2.24, 2.45) is 5.92 Å². The first kappa shape index (κ1) is 19.9. The van der Waals surface area contributed by atoms with Gasteiger partial charge in [0, 0.05) is 49.1 Å². The van der Waals surface area contributed by atoms with Gasteiger partial charge in [0.2, 0.25) is 5.88 Å². The molecule has 0 aliphatic carbocycles. The van der Waals surface area contributed by atoms with E-state index >= 15 is 0 Å². The molecule has 0 radical (unpaired) electrons. The van der Waals surface area contributed by atoms with E-state index in [1.807, 2.05) is 44.4 Å². The molecule has 1 saturated heterocycles. The van der Waals surface area contributed by atoms with Crippen LogP contribution in [0.2, 0.25) is 0 Å². The predicted molar refractivity (Wildman–Crippen MR) is 116 cm³/mol. The summed E-state index contributed by atoms with van der Waals surface area (Å²) in [5.41, 5.74) is 2.31. The topological polar surface area (TPSA) is 67.5 Å². The monoisotopic (exact) mass is 457 g/mol. The van der Waals surface area contributed by atoms with Crippen molar-refractivity contribution in [1.29, 1.82) is 0 Å². The van der Waals surface area contributed by atoms with Crippen molar-refractivity contribution >= 4 is 32.7 Å². The summed E-state index contributed by atoms with van der Waals surface area (Å²) in [5, 5.41) is 0.855. The molecule has 0 unspecified atom stereocenters. The summed E-state index contributed by atoms with van der Waals surface area (Å²) in [6.07, 6.45) is 5.50. The number of carbonyl (C=O) groups excluding carboxylic acids is 1. The highest BCUT2D eigenvalue weighted by molar-refractivity contribution is 9.10. The number of benzene rings is 1. The molecule has 1 aromatic carbocycles. The number of aromatic amines is 1. The van der Waals surface area contributed by atoms with E-state index in [1.54, 1.807) is 11.1 Å². The minimum atomic E-state index is -0.0225. The van der Waals surface area contributed by atoms with Crippen molar-refractivity contribution in [2.75, 3.05) is 26.8 Å². The zero-order valence-electron chi connectivity index (χ0n) is 16.6. The summed E-state index contributed by atoms with van der Waals surface area (Å²) in [4.78, 5) is 22.7. The second-order valence-electron chi connectivity index (χ2n) is 7.50. The Morgan fingerprint density at radius 2 is 2.17 bits per heavy atom. The smallest absolute Gasteiger partial charge is 0.255 e. The molecule has 6 nitrogen and oxygen atoms in total. The third-order valence-electron chi connectivity index (χ3n) is 5.33. The molecular weight excluding hydrogens is 434 g/mol. The Balaban J connectivity index is 1.62. The fourth-order valence-corrected chi connectivity index (χ4v) is 4.15. The van der Waals surface area contributed by atoms with Crippen LogP contribution in [0.4, 0.5) is 0 Å². The van der Waals surface area contributed by atoms with Crippen molar-refractivity contribution in [3.05, 3.63) is 52.3 Å². The molecule has 0 bridgehead atoms. The van der Waals surface area contributed by atoms with Crippen LogP contribution in [0.1, 0.15) is 28.8 Å². The van der Waals surface area contributed by atoms with E-state index in [0.717, 1.165) is 53.5 Å². The Bertz CT molecular complexity index is 1030. The number of aryl methyl sites for hydroxylation is 1. The summed E-state index contributed by atoms with van der Waals surface area (Å²) < 4.78 is 12.3. The van der Waals surface area contributed by atoms with Crippen LogP contribution in [0.3, 0.4) is 0 Å². The van der Waals surface area contributed by atoms with Gasteiger partial charge in [-0.05, 0) is 49.4 Å². The fourth-order valence-electron chi connectivity index (χ4n) is 3.78. The standard InChI is InChI=1S/C22H24BrN3O3/c1-14-11-24-20-19(14)18(22(27)26(2)13-15-6-8-28-9-7-15)12-25-21(20)29-17-5-3-4-16(23)10-17/h3-5,10-12,15,24H,6-9,13H2,1-2H3. The number of rotatable bonds is 5. The maximum absolute atomic E-state index is 13.2. The number of aromatic nitrogens is 2. The third-order valence-corrected chi connectivity index (χ3v) is 5.83. The van der Waals surface area contributed by atoms with Crippen LogP contribution in [0.15, 0.2) is 41.1 Å². The van der Waals surface area contributed by atoms with Gasteiger partial charge in [0.15, 0.2) is 0 Å². The van der Waals surface area contributed by atoms with E-state index in [0.29, 0.717) is 23.1 Å². The number of carbonyl (C=O) groups is 1. The van der Waals surface area contributed by atoms with Gasteiger partial charge >= 0.3 is 0 Å². The quantitative estimate of drug-likeness (QED) is 0.589. The number of H-pyrrole nitrogens is 1. The van der Waals surface area contributed by atoms with Gasteiger partial charge in [0.25, 0.3) is 5.91 Å². The van der Waals surface area contributed by atoms with Crippen molar-refractivity contribution in [3.63, 3.8) is 0 Å². The number of amides is 1. The minimum absolute atomic E-state index is 0.0225. The third kappa shape index (κ3) is 4.31. The molecule has 2 aromatic heterocycles. The van der Waals surface area contributed by atoms with Crippen molar-refractivity contribution in [3.8, 4) is 11.6 Å². The maximum Gasteiger partial charge on any atom is 0.255 e. The van der Waals surface area contributed by atoms with Crippen LogP contribution in [0.25, 0.3) is 10.9 Å². The molecule has 0 saturated carbocycles. The number of nitrogens with one attached hydrogen (secondary N) is 1. The first-order chi connectivity index (χ1) is 14.0. The highest BCUT2D eigenvalue weighted by Gasteiger charge is 2.23. The van der Waals surface area contributed by atoms with Gasteiger partial charge < -0.3 is 19.4 Å². The summed E-state index contributed by atoms with van der Waals surface area (Å²) in [7, 11) is 1.86. The number of halogens is 1. The van der Waals surface area contributed by atoms with Gasteiger partial charge in [-0.1, -0.05) is 22.0 Å². The first-order valence-electron chi connectivity index (χ1n) is 9.76. The molecule has 29 heavy (non-hydrogen) atoms. The molecular formula is C22H24BrN3O3. The van der Waals surface area contributed by atoms with Crippen LogP contribution in [-0.4, -0.2) is 47.6 Å². The Morgan fingerprint density at radius 1 is 1.38 bits per heavy atom. The molecule has 152 valence electrons. The van der Waals surface area contributed by atoms with Crippen LogP contribution >= 0.6 is 15.9 Å². The average molecular weight is 458 g/mol. The van der Waals surface area contributed by atoms with Gasteiger partial charge in [-0.25, -0.2) is 4.98 Å². The molecule has 0 spiro atoms. The van der Waals surface area contributed by atoms with Crippen LogP contribution in [-0.2, 0) is 4.74 Å². The Morgan fingerprint density at radius 3 is 2.93 bits per heavy atom. The van der Waals surface area contributed by atoms with E-state index < -0.39 is 0 Å². The van der Waals surface area contributed by atoms with E-state index in [4.69, 9.17) is 9.47 Å². The van der Waals surface area contributed by atoms with Crippen molar-refractivity contribution < 1.29 is 14.3 Å². The number of hydrogen-bond acceptors (Lipinski definition) is 4. The normalized spacial score (nSPS) is 14.9. The van der Waals surface area contributed by atoms with Gasteiger partial charge in [0.05, 0.1) is 5.56 Å². The minimum Gasteiger partial charge on any atom is -0.437 e. The van der Waals surface area contributed by atoms with E-state index in [-0.39, 0.29) is 5.91 Å². The van der Waals surface area contributed by atoms with Gasteiger partial charge in [-0.2, -0.15) is 0 Å². The van der Waals surface area contributed by atoms with Crippen LogP contribution in [0, 0.1) is 12.8 Å². The number of pyridine rings is 1. The molecule has 1 aliphatic rings.